The van der Waals surface area contributed by atoms with Gasteiger partial charge in [0.2, 0.25) is 0 Å². The van der Waals surface area contributed by atoms with Crippen LogP contribution in [0.3, 0.4) is 0 Å². The third-order valence-corrected chi connectivity index (χ3v) is 2.79. The van der Waals surface area contributed by atoms with Crippen LogP contribution in [0, 0.1) is 0 Å². The first kappa shape index (κ1) is 14.1. The van der Waals surface area contributed by atoms with Gasteiger partial charge in [0.1, 0.15) is 5.75 Å². The number of aromatic amines is 1. The number of aromatic nitrogens is 2. The van der Waals surface area contributed by atoms with Gasteiger partial charge in [0.15, 0.2) is 0 Å². The summed E-state index contributed by atoms with van der Waals surface area (Å²) in [5.74, 6) is -0.792. The van der Waals surface area contributed by atoms with Gasteiger partial charge in [-0.25, -0.2) is 4.98 Å². The molecule has 1 heterocycles. The number of primary amides is 1. The molecule has 0 radical (unpaired) electrons. The molecule has 5 nitrogen and oxygen atoms in total. The highest BCUT2D eigenvalue weighted by Gasteiger charge is 2.17. The smallest absolute Gasteiger partial charge is 0.252 e. The van der Waals surface area contributed by atoms with Crippen molar-refractivity contribution in [1.82, 2.24) is 9.97 Å². The molecule has 0 aliphatic rings. The number of halogens is 1. The molecule has 0 fully saturated rings. The summed E-state index contributed by atoms with van der Waals surface area (Å²) in [5, 5.41) is 9.99. The van der Waals surface area contributed by atoms with Gasteiger partial charge in [-0.2, -0.15) is 0 Å². The number of phenols is 1. The first-order chi connectivity index (χ1) is 8.11. The van der Waals surface area contributed by atoms with Gasteiger partial charge >= 0.3 is 0 Å². The molecule has 6 heteroatoms. The molecule has 0 bridgehead atoms. The quantitative estimate of drug-likeness (QED) is 0.792. The second-order valence-corrected chi connectivity index (χ2v) is 3.84. The Labute approximate surface area is 110 Å². The number of nitrogens with one attached hydrogen (secondary N) is 1. The van der Waals surface area contributed by atoms with Crippen molar-refractivity contribution in [3.8, 4) is 5.75 Å². The number of carbonyl (C=O) groups excluding carboxylic acids is 1. The van der Waals surface area contributed by atoms with Crippen LogP contribution in [0.1, 0.15) is 34.5 Å². The van der Waals surface area contributed by atoms with Crippen LogP contribution in [-0.2, 0) is 0 Å². The first-order valence-corrected chi connectivity index (χ1v) is 5.21. The number of carbonyl (C=O) groups is 1. The highest BCUT2D eigenvalue weighted by molar-refractivity contribution is 5.96. The van der Waals surface area contributed by atoms with E-state index in [0.717, 1.165) is 5.69 Å². The molecule has 4 N–H and O–H groups in total. The molecule has 2 aromatic rings. The van der Waals surface area contributed by atoms with Gasteiger partial charge < -0.3 is 15.8 Å². The third kappa shape index (κ3) is 2.46. The van der Waals surface area contributed by atoms with Crippen molar-refractivity contribution in [3.05, 3.63) is 47.5 Å². The number of amides is 1. The molecule has 0 saturated heterocycles. The van der Waals surface area contributed by atoms with Crippen LogP contribution in [0.2, 0.25) is 0 Å². The summed E-state index contributed by atoms with van der Waals surface area (Å²) in [6.45, 7) is 1.91. The van der Waals surface area contributed by atoms with Gasteiger partial charge in [-0.1, -0.05) is 19.1 Å². The molecule has 1 aromatic heterocycles. The molecule has 2 rings (SSSR count). The van der Waals surface area contributed by atoms with Gasteiger partial charge in [-0.15, -0.1) is 12.4 Å². The minimum absolute atomic E-state index is 0. The first-order valence-electron chi connectivity index (χ1n) is 5.21. The van der Waals surface area contributed by atoms with Crippen molar-refractivity contribution < 1.29 is 9.90 Å². The average molecular weight is 268 g/mol. The van der Waals surface area contributed by atoms with E-state index in [1.54, 1.807) is 24.7 Å². The third-order valence-electron chi connectivity index (χ3n) is 2.79. The molecule has 96 valence electrons. The summed E-state index contributed by atoms with van der Waals surface area (Å²) < 4.78 is 0. The largest absolute Gasteiger partial charge is 0.507 e. The lowest BCUT2D eigenvalue weighted by atomic mass is 9.95. The zero-order chi connectivity index (χ0) is 12.4. The van der Waals surface area contributed by atoms with E-state index < -0.39 is 5.91 Å². The Morgan fingerprint density at radius 3 is 2.78 bits per heavy atom. The number of rotatable bonds is 3. The van der Waals surface area contributed by atoms with E-state index in [4.69, 9.17) is 5.73 Å². The molecular weight excluding hydrogens is 254 g/mol. The van der Waals surface area contributed by atoms with Crippen LogP contribution < -0.4 is 5.73 Å². The van der Waals surface area contributed by atoms with Gasteiger partial charge in [0.05, 0.1) is 11.9 Å². The molecule has 0 aliphatic heterocycles. The number of imidazole rings is 1. The van der Waals surface area contributed by atoms with E-state index in [2.05, 4.69) is 9.97 Å². The highest BCUT2D eigenvalue weighted by Crippen LogP contribution is 2.32. The van der Waals surface area contributed by atoms with Crippen molar-refractivity contribution in [2.75, 3.05) is 0 Å². The number of hydrogen-bond donors (Lipinski definition) is 3. The summed E-state index contributed by atoms with van der Waals surface area (Å²) in [7, 11) is 0. The van der Waals surface area contributed by atoms with Crippen molar-refractivity contribution in [3.63, 3.8) is 0 Å². The van der Waals surface area contributed by atoms with Crippen molar-refractivity contribution in [2.24, 2.45) is 5.73 Å². The number of nitrogens with two attached hydrogens (primary N) is 1. The predicted molar refractivity (Wildman–Crippen MR) is 70.0 cm³/mol. The SMILES string of the molecule is CC(c1cnc[nH]1)c1cccc(C(N)=O)c1O.Cl. The number of nitrogens with zero attached hydrogens (tertiary/aromatic N) is 1. The Kier molecular flexibility index (Phi) is 4.33. The van der Waals surface area contributed by atoms with E-state index in [-0.39, 0.29) is 29.6 Å². The number of aromatic hydroxyl groups is 1. The molecule has 0 spiro atoms. The Morgan fingerprint density at radius 1 is 1.50 bits per heavy atom. The maximum absolute atomic E-state index is 11.1. The fraction of sp³-hybridized carbons (Fsp3) is 0.167. The average Bonchev–Trinajstić information content (AvgIpc) is 2.81. The molecule has 1 aromatic carbocycles. The lowest BCUT2D eigenvalue weighted by molar-refractivity contribution is 0.0997. The van der Waals surface area contributed by atoms with Crippen LogP contribution >= 0.6 is 12.4 Å². The van der Waals surface area contributed by atoms with Crippen molar-refractivity contribution >= 4 is 18.3 Å². The summed E-state index contributed by atoms with van der Waals surface area (Å²) >= 11 is 0. The summed E-state index contributed by atoms with van der Waals surface area (Å²) in [5.41, 5.74) is 6.82. The van der Waals surface area contributed by atoms with Gasteiger partial charge in [-0.05, 0) is 6.07 Å². The van der Waals surface area contributed by atoms with E-state index in [9.17, 15) is 9.90 Å². The van der Waals surface area contributed by atoms with Crippen molar-refractivity contribution in [1.29, 1.82) is 0 Å². The summed E-state index contributed by atoms with van der Waals surface area (Å²) in [6, 6.07) is 4.95. The number of para-hydroxylation sites is 1. The maximum atomic E-state index is 11.1. The number of benzene rings is 1. The Morgan fingerprint density at radius 2 is 2.22 bits per heavy atom. The van der Waals surface area contributed by atoms with E-state index in [1.807, 2.05) is 6.92 Å². The van der Waals surface area contributed by atoms with Gasteiger partial charge in [0, 0.05) is 23.4 Å². The van der Waals surface area contributed by atoms with Crippen molar-refractivity contribution in [2.45, 2.75) is 12.8 Å². The van der Waals surface area contributed by atoms with Gasteiger partial charge in [-0.3, -0.25) is 4.79 Å². The molecule has 1 unspecified atom stereocenters. The molecule has 1 atom stereocenters. The molecule has 0 saturated carbocycles. The molecular formula is C12H14ClN3O2. The second-order valence-electron chi connectivity index (χ2n) is 3.84. The number of H-pyrrole nitrogens is 1. The second kappa shape index (κ2) is 5.55. The predicted octanol–water partition coefficient (Wildman–Crippen LogP) is 1.79. The summed E-state index contributed by atoms with van der Waals surface area (Å²) in [6.07, 6.45) is 3.25. The Bertz CT molecular complexity index is 540. The number of hydrogen-bond acceptors (Lipinski definition) is 3. The zero-order valence-corrected chi connectivity index (χ0v) is 10.6. The standard InChI is InChI=1S/C12H13N3O2.ClH/c1-7(10-5-14-6-15-10)8-3-2-4-9(11(8)16)12(13)17;/h2-7,16H,1H3,(H2,13,17)(H,14,15);1H. The van der Waals surface area contributed by atoms with Crippen LogP contribution in [-0.4, -0.2) is 21.0 Å². The maximum Gasteiger partial charge on any atom is 0.252 e. The fourth-order valence-corrected chi connectivity index (χ4v) is 1.78. The van der Waals surface area contributed by atoms with E-state index in [1.165, 1.54) is 6.07 Å². The van der Waals surface area contributed by atoms with E-state index >= 15 is 0 Å². The zero-order valence-electron chi connectivity index (χ0n) is 9.75. The van der Waals surface area contributed by atoms with Crippen LogP contribution in [0.4, 0.5) is 0 Å². The molecule has 18 heavy (non-hydrogen) atoms. The molecule has 0 aliphatic carbocycles. The minimum Gasteiger partial charge on any atom is -0.507 e. The fourth-order valence-electron chi connectivity index (χ4n) is 1.78. The topological polar surface area (TPSA) is 92.0 Å². The minimum atomic E-state index is -0.638. The Balaban J connectivity index is 0.00000162. The van der Waals surface area contributed by atoms with Crippen LogP contribution in [0.5, 0.6) is 5.75 Å². The lowest BCUT2D eigenvalue weighted by Gasteiger charge is -2.13. The summed E-state index contributed by atoms with van der Waals surface area (Å²) in [4.78, 5) is 18.0. The van der Waals surface area contributed by atoms with Crippen LogP contribution in [0.25, 0.3) is 0 Å². The van der Waals surface area contributed by atoms with E-state index in [0.29, 0.717) is 5.56 Å². The van der Waals surface area contributed by atoms with Crippen LogP contribution in [0.15, 0.2) is 30.7 Å². The molecule has 1 amide bonds. The Hall–Kier alpha value is -2.01. The highest BCUT2D eigenvalue weighted by atomic mass is 35.5. The monoisotopic (exact) mass is 267 g/mol. The lowest BCUT2D eigenvalue weighted by Crippen LogP contribution is -2.12. The normalized spacial score (nSPS) is 11.6. The van der Waals surface area contributed by atoms with Gasteiger partial charge in [0.25, 0.3) is 5.91 Å².